The van der Waals surface area contributed by atoms with Crippen LogP contribution in [0.4, 0.5) is 0 Å². The van der Waals surface area contributed by atoms with Crippen LogP contribution in [0, 0.1) is 22.7 Å². The molecule has 3 aromatic rings. The maximum absolute atomic E-state index is 8.98. The fourth-order valence-electron chi connectivity index (χ4n) is 2.72. The fraction of sp³-hybridized carbons (Fsp3) is 0.0476. The molecule has 2 heteroatoms. The van der Waals surface area contributed by atoms with Crippen LogP contribution in [0.15, 0.2) is 78.9 Å². The van der Waals surface area contributed by atoms with Crippen LogP contribution in [0.2, 0.25) is 0 Å². The summed E-state index contributed by atoms with van der Waals surface area (Å²) in [6, 6.07) is 29.9. The first-order chi connectivity index (χ1) is 11.3. The van der Waals surface area contributed by atoms with Crippen molar-refractivity contribution in [3.63, 3.8) is 0 Å². The highest BCUT2D eigenvalue weighted by Gasteiger charge is 2.16. The number of rotatable bonds is 3. The van der Waals surface area contributed by atoms with E-state index in [-0.39, 0.29) is 5.92 Å². The van der Waals surface area contributed by atoms with Crippen molar-refractivity contribution in [2.45, 2.75) is 5.92 Å². The molecule has 0 aliphatic rings. The van der Waals surface area contributed by atoms with Gasteiger partial charge in [-0.25, -0.2) is 0 Å². The Kier molecular flexibility index (Phi) is 4.18. The van der Waals surface area contributed by atoms with Crippen LogP contribution in [0.5, 0.6) is 0 Å². The van der Waals surface area contributed by atoms with Gasteiger partial charge in [0.15, 0.2) is 0 Å². The van der Waals surface area contributed by atoms with Crippen molar-refractivity contribution < 1.29 is 0 Å². The summed E-state index contributed by atoms with van der Waals surface area (Å²) in [5.41, 5.74) is 4.74. The standard InChI is InChI=1S/C21H14N2/c22-14-16-6-10-19(11-7-16)21(18-4-2-1-3-5-18)20-12-8-17(15-23)9-13-20/h1-13,21H. The highest BCUT2D eigenvalue weighted by atomic mass is 14.2. The summed E-state index contributed by atoms with van der Waals surface area (Å²) < 4.78 is 0. The Balaban J connectivity index is 2.09. The molecule has 108 valence electrons. The quantitative estimate of drug-likeness (QED) is 0.662. The average molecular weight is 294 g/mol. The van der Waals surface area contributed by atoms with E-state index in [2.05, 4.69) is 24.3 Å². The summed E-state index contributed by atoms with van der Waals surface area (Å²) in [6.07, 6.45) is 0. The third kappa shape index (κ3) is 3.12. The molecule has 0 radical (unpaired) electrons. The maximum atomic E-state index is 8.98. The Morgan fingerprint density at radius 1 is 0.522 bits per heavy atom. The van der Waals surface area contributed by atoms with Gasteiger partial charge in [0, 0.05) is 5.92 Å². The van der Waals surface area contributed by atoms with Gasteiger partial charge in [-0.15, -0.1) is 0 Å². The van der Waals surface area contributed by atoms with Crippen LogP contribution < -0.4 is 0 Å². The molecule has 0 bridgehead atoms. The Morgan fingerprint density at radius 3 is 1.30 bits per heavy atom. The predicted molar refractivity (Wildman–Crippen MR) is 89.7 cm³/mol. The monoisotopic (exact) mass is 294 g/mol. The van der Waals surface area contributed by atoms with E-state index in [1.54, 1.807) is 0 Å². The molecule has 0 N–H and O–H groups in total. The molecule has 0 aromatic heterocycles. The topological polar surface area (TPSA) is 47.6 Å². The summed E-state index contributed by atoms with van der Waals surface area (Å²) in [4.78, 5) is 0. The molecule has 0 saturated heterocycles. The van der Waals surface area contributed by atoms with Crippen molar-refractivity contribution in [3.8, 4) is 12.1 Å². The molecule has 0 aliphatic heterocycles. The number of hydrogen-bond acceptors (Lipinski definition) is 2. The lowest BCUT2D eigenvalue weighted by atomic mass is 9.84. The van der Waals surface area contributed by atoms with Gasteiger partial charge >= 0.3 is 0 Å². The van der Waals surface area contributed by atoms with E-state index in [1.807, 2.05) is 66.7 Å². The second-order valence-electron chi connectivity index (χ2n) is 5.31. The van der Waals surface area contributed by atoms with E-state index in [9.17, 15) is 0 Å². The van der Waals surface area contributed by atoms with Gasteiger partial charge in [0.1, 0.15) is 0 Å². The van der Waals surface area contributed by atoms with E-state index < -0.39 is 0 Å². The molecule has 3 aromatic carbocycles. The molecular formula is C21H14N2. The molecule has 3 rings (SSSR count). The minimum atomic E-state index is 0.0803. The molecule has 0 amide bonds. The fourth-order valence-corrected chi connectivity index (χ4v) is 2.72. The molecule has 0 aliphatic carbocycles. The van der Waals surface area contributed by atoms with Crippen LogP contribution >= 0.6 is 0 Å². The first kappa shape index (κ1) is 14.6. The molecule has 0 unspecified atom stereocenters. The average Bonchev–Trinajstić information content (AvgIpc) is 2.64. The summed E-state index contributed by atoms with van der Waals surface area (Å²) in [5, 5.41) is 18.0. The number of nitriles is 2. The molecule has 2 nitrogen and oxygen atoms in total. The second-order valence-corrected chi connectivity index (χ2v) is 5.31. The van der Waals surface area contributed by atoms with Crippen LogP contribution in [-0.4, -0.2) is 0 Å². The summed E-state index contributed by atoms with van der Waals surface area (Å²) in [7, 11) is 0. The van der Waals surface area contributed by atoms with Crippen LogP contribution in [-0.2, 0) is 0 Å². The zero-order valence-corrected chi connectivity index (χ0v) is 12.5. The lowest BCUT2D eigenvalue weighted by Crippen LogP contribution is -2.03. The largest absolute Gasteiger partial charge is 0.192 e. The van der Waals surface area contributed by atoms with Gasteiger partial charge < -0.3 is 0 Å². The lowest BCUT2D eigenvalue weighted by molar-refractivity contribution is 0.976. The maximum Gasteiger partial charge on any atom is 0.0991 e. The normalized spacial score (nSPS) is 10.0. The third-order valence-electron chi connectivity index (χ3n) is 3.88. The van der Waals surface area contributed by atoms with E-state index in [0.717, 1.165) is 11.1 Å². The molecule has 0 atom stereocenters. The number of benzene rings is 3. The second kappa shape index (κ2) is 6.60. The van der Waals surface area contributed by atoms with Gasteiger partial charge in [0.25, 0.3) is 0 Å². The van der Waals surface area contributed by atoms with E-state index in [4.69, 9.17) is 10.5 Å². The zero-order chi connectivity index (χ0) is 16.1. The van der Waals surface area contributed by atoms with Crippen LogP contribution in [0.1, 0.15) is 33.7 Å². The van der Waals surface area contributed by atoms with Gasteiger partial charge in [-0.1, -0.05) is 54.6 Å². The van der Waals surface area contributed by atoms with Gasteiger partial charge in [0.05, 0.1) is 23.3 Å². The van der Waals surface area contributed by atoms with Gasteiger partial charge in [0.2, 0.25) is 0 Å². The zero-order valence-electron chi connectivity index (χ0n) is 12.5. The smallest absolute Gasteiger partial charge is 0.0991 e. The molecule has 0 spiro atoms. The Bertz CT molecular complexity index is 807. The summed E-state index contributed by atoms with van der Waals surface area (Å²) >= 11 is 0. The highest BCUT2D eigenvalue weighted by Crippen LogP contribution is 2.32. The predicted octanol–water partition coefficient (Wildman–Crippen LogP) is 4.61. The van der Waals surface area contributed by atoms with Gasteiger partial charge in [-0.2, -0.15) is 10.5 Å². The molecule has 23 heavy (non-hydrogen) atoms. The minimum absolute atomic E-state index is 0.0803. The van der Waals surface area contributed by atoms with Crippen molar-refractivity contribution in [1.82, 2.24) is 0 Å². The third-order valence-corrected chi connectivity index (χ3v) is 3.88. The van der Waals surface area contributed by atoms with E-state index in [0.29, 0.717) is 11.1 Å². The van der Waals surface area contributed by atoms with Crippen molar-refractivity contribution in [2.24, 2.45) is 0 Å². The van der Waals surface area contributed by atoms with Gasteiger partial charge in [-0.05, 0) is 41.0 Å². The first-order valence-electron chi connectivity index (χ1n) is 7.37. The highest BCUT2D eigenvalue weighted by molar-refractivity contribution is 5.46. The van der Waals surface area contributed by atoms with E-state index >= 15 is 0 Å². The van der Waals surface area contributed by atoms with Crippen molar-refractivity contribution in [2.75, 3.05) is 0 Å². The number of hydrogen-bond donors (Lipinski definition) is 0. The van der Waals surface area contributed by atoms with Crippen LogP contribution in [0.25, 0.3) is 0 Å². The molecular weight excluding hydrogens is 280 g/mol. The van der Waals surface area contributed by atoms with Crippen LogP contribution in [0.3, 0.4) is 0 Å². The summed E-state index contributed by atoms with van der Waals surface area (Å²) in [5.74, 6) is 0.0803. The van der Waals surface area contributed by atoms with Crippen molar-refractivity contribution in [1.29, 1.82) is 10.5 Å². The minimum Gasteiger partial charge on any atom is -0.192 e. The Morgan fingerprint density at radius 2 is 0.913 bits per heavy atom. The molecule has 0 saturated carbocycles. The lowest BCUT2D eigenvalue weighted by Gasteiger charge is -2.19. The Hall–Kier alpha value is -3.36. The van der Waals surface area contributed by atoms with Crippen molar-refractivity contribution in [3.05, 3.63) is 107 Å². The van der Waals surface area contributed by atoms with Gasteiger partial charge in [-0.3, -0.25) is 0 Å². The SMILES string of the molecule is N#Cc1ccc(C(c2ccccc2)c2ccc(C#N)cc2)cc1. The molecule has 0 fully saturated rings. The Labute approximate surface area is 135 Å². The first-order valence-corrected chi connectivity index (χ1v) is 7.37. The van der Waals surface area contributed by atoms with Crippen molar-refractivity contribution >= 4 is 0 Å². The molecule has 0 heterocycles. The number of nitrogens with zero attached hydrogens (tertiary/aromatic N) is 2. The van der Waals surface area contributed by atoms with E-state index in [1.165, 1.54) is 5.56 Å². The summed E-state index contributed by atoms with van der Waals surface area (Å²) in [6.45, 7) is 0.